The number of rotatable bonds is 18. The number of carbonyl (C=O) groups excluding carboxylic acids is 2. The molecule has 0 saturated heterocycles. The van der Waals surface area contributed by atoms with Gasteiger partial charge in [0.25, 0.3) is 0 Å². The van der Waals surface area contributed by atoms with Crippen LogP contribution in [-0.4, -0.2) is 17.9 Å². The molecule has 5 rings (SSSR count). The van der Waals surface area contributed by atoms with Gasteiger partial charge in [-0.25, -0.2) is 0 Å². The van der Waals surface area contributed by atoms with Crippen LogP contribution in [0, 0.1) is 64.1 Å². The van der Waals surface area contributed by atoms with Crippen molar-refractivity contribution < 1.29 is 14.3 Å². The quantitative estimate of drug-likeness (QED) is 0.114. The summed E-state index contributed by atoms with van der Waals surface area (Å²) in [6.07, 6.45) is 23.2. The van der Waals surface area contributed by atoms with Crippen molar-refractivity contribution >= 4 is 11.8 Å². The number of benzene rings is 1. The third-order valence-electron chi connectivity index (χ3n) is 15.8. The Labute approximate surface area is 308 Å². The lowest BCUT2D eigenvalue weighted by atomic mass is 9.44. The zero-order valence-corrected chi connectivity index (χ0v) is 33.5. The summed E-state index contributed by atoms with van der Waals surface area (Å²) in [5.41, 5.74) is 2.34. The summed E-state index contributed by atoms with van der Waals surface area (Å²) in [4.78, 5) is 26.4. The molecule has 3 nitrogen and oxygen atoms in total. The summed E-state index contributed by atoms with van der Waals surface area (Å²) in [7, 11) is 0. The van der Waals surface area contributed by atoms with Crippen molar-refractivity contribution in [2.75, 3.05) is 0 Å². The molecular weight excluding hydrogens is 613 g/mol. The molecule has 3 heteroatoms. The second kappa shape index (κ2) is 17.9. The van der Waals surface area contributed by atoms with Gasteiger partial charge in [0.1, 0.15) is 18.3 Å². The van der Waals surface area contributed by atoms with E-state index in [0.29, 0.717) is 22.7 Å². The Morgan fingerprint density at radius 1 is 0.780 bits per heavy atom. The van der Waals surface area contributed by atoms with Crippen LogP contribution in [0.1, 0.15) is 176 Å². The normalized spacial score (nSPS) is 33.9. The van der Waals surface area contributed by atoms with Crippen LogP contribution >= 0.6 is 0 Å². The molecule has 0 N–H and O–H groups in total. The SMILES string of the molecule is CCC(CCCC(CC)C(=O)CC(=O)O[C@H]1CC[C@@]2(C)[C@@H](CC[C@@H]3[C@@H]2CC[C@]2(C)[C@@H]([C@H](C)CCCC(C)C)CC[C@@H]32)C1)CCc1ccccc1. The predicted octanol–water partition coefficient (Wildman–Crippen LogP) is 12.8. The molecule has 2 unspecified atom stereocenters. The van der Waals surface area contributed by atoms with Crippen LogP contribution in [0.3, 0.4) is 0 Å². The largest absolute Gasteiger partial charge is 0.462 e. The number of ketones is 1. The molecule has 0 spiro atoms. The molecule has 4 aliphatic rings. The van der Waals surface area contributed by atoms with Crippen LogP contribution < -0.4 is 0 Å². The molecule has 1 aromatic carbocycles. The third kappa shape index (κ3) is 9.28. The highest BCUT2D eigenvalue weighted by Gasteiger charge is 2.60. The fourth-order valence-corrected chi connectivity index (χ4v) is 12.7. The Morgan fingerprint density at radius 2 is 1.50 bits per heavy atom. The van der Waals surface area contributed by atoms with E-state index in [1.807, 2.05) is 0 Å². The molecule has 0 bridgehead atoms. The van der Waals surface area contributed by atoms with E-state index in [-0.39, 0.29) is 30.2 Å². The molecule has 4 fully saturated rings. The van der Waals surface area contributed by atoms with E-state index in [0.717, 1.165) is 74.0 Å². The molecule has 4 aliphatic carbocycles. The van der Waals surface area contributed by atoms with Gasteiger partial charge in [-0.15, -0.1) is 0 Å². The molecule has 0 aromatic heterocycles. The van der Waals surface area contributed by atoms with Crippen LogP contribution in [0.5, 0.6) is 0 Å². The average molecular weight is 689 g/mol. The number of hydrogen-bond donors (Lipinski definition) is 0. The van der Waals surface area contributed by atoms with Gasteiger partial charge < -0.3 is 4.74 Å². The summed E-state index contributed by atoms with van der Waals surface area (Å²) >= 11 is 0. The van der Waals surface area contributed by atoms with E-state index < -0.39 is 0 Å². The summed E-state index contributed by atoms with van der Waals surface area (Å²) in [5, 5.41) is 0. The number of esters is 1. The lowest BCUT2D eigenvalue weighted by Gasteiger charge is -2.61. The maximum atomic E-state index is 13.3. The van der Waals surface area contributed by atoms with Gasteiger partial charge in [-0.2, -0.15) is 0 Å². The Hall–Kier alpha value is -1.64. The lowest BCUT2D eigenvalue weighted by Crippen LogP contribution is -2.54. The monoisotopic (exact) mass is 689 g/mol. The highest BCUT2D eigenvalue weighted by molar-refractivity contribution is 5.96. The topological polar surface area (TPSA) is 43.4 Å². The number of ether oxygens (including phenoxy) is 1. The number of carbonyl (C=O) groups is 2. The van der Waals surface area contributed by atoms with Gasteiger partial charge in [-0.3, -0.25) is 9.59 Å². The van der Waals surface area contributed by atoms with Crippen molar-refractivity contribution in [1.29, 1.82) is 0 Å². The summed E-state index contributed by atoms with van der Waals surface area (Å²) < 4.78 is 6.13. The summed E-state index contributed by atoms with van der Waals surface area (Å²) in [6, 6.07) is 10.8. The summed E-state index contributed by atoms with van der Waals surface area (Å²) in [5.74, 6) is 6.40. The summed E-state index contributed by atoms with van der Waals surface area (Å²) in [6.45, 7) is 17.0. The molecule has 1 aromatic rings. The van der Waals surface area contributed by atoms with Gasteiger partial charge in [-0.05, 0) is 147 Å². The van der Waals surface area contributed by atoms with Gasteiger partial charge in [0.15, 0.2) is 0 Å². The molecule has 0 amide bonds. The number of aryl methyl sites for hydroxylation is 1. The Kier molecular flexibility index (Phi) is 14.2. The zero-order chi connectivity index (χ0) is 35.9. The van der Waals surface area contributed by atoms with Crippen molar-refractivity contribution in [1.82, 2.24) is 0 Å². The average Bonchev–Trinajstić information content (AvgIpc) is 3.45. The maximum Gasteiger partial charge on any atom is 0.313 e. The molecule has 282 valence electrons. The highest BCUT2D eigenvalue weighted by atomic mass is 16.5. The van der Waals surface area contributed by atoms with E-state index in [4.69, 9.17) is 4.74 Å². The first-order valence-electron chi connectivity index (χ1n) is 21.7. The molecule has 50 heavy (non-hydrogen) atoms. The first kappa shape index (κ1) is 39.6. The van der Waals surface area contributed by atoms with E-state index in [1.54, 1.807) is 0 Å². The molecule has 0 heterocycles. The fraction of sp³-hybridized carbons (Fsp3) is 0.830. The standard InChI is InChI=1S/C47H76O3/c1-8-35(21-22-36-17-11-10-12-18-36)19-14-20-37(9-2)44(48)32-45(49)50-39-27-29-46(6)38(31-39)23-24-40-42-26-25-41(34(5)16-13-15-33(3)4)47(42,7)30-28-43(40)46/h10-12,17-18,33-35,37-43H,8-9,13-16,19-32H2,1-7H3/t34-,35?,37?,38+,39+,40+,41-,42+,43+,46+,47-/m1/s1. The second-order valence-electron chi connectivity index (χ2n) is 19.1. The number of Topliss-reactive ketones (excluding diaryl/α,β-unsaturated/α-hetero) is 1. The van der Waals surface area contributed by atoms with Crippen molar-refractivity contribution in [3.05, 3.63) is 35.9 Å². The minimum absolute atomic E-state index is 0.00339. The fourth-order valence-electron chi connectivity index (χ4n) is 12.7. The van der Waals surface area contributed by atoms with Gasteiger partial charge >= 0.3 is 5.97 Å². The highest BCUT2D eigenvalue weighted by Crippen LogP contribution is 2.68. The van der Waals surface area contributed by atoms with E-state index in [9.17, 15) is 9.59 Å². The Morgan fingerprint density at radius 3 is 2.22 bits per heavy atom. The Balaban J connectivity index is 1.06. The molecule has 11 atom stereocenters. The van der Waals surface area contributed by atoms with Gasteiger partial charge in [0, 0.05) is 5.92 Å². The molecule has 0 aliphatic heterocycles. The first-order chi connectivity index (χ1) is 24.0. The molecule has 0 radical (unpaired) electrons. The van der Waals surface area contributed by atoms with Crippen LogP contribution in [0.4, 0.5) is 0 Å². The molecule has 4 saturated carbocycles. The number of fused-ring (bicyclic) bond motifs is 5. The van der Waals surface area contributed by atoms with Crippen LogP contribution in [0.2, 0.25) is 0 Å². The molecular formula is C47H76O3. The number of hydrogen-bond acceptors (Lipinski definition) is 3. The van der Waals surface area contributed by atoms with Crippen LogP contribution in [0.15, 0.2) is 30.3 Å². The van der Waals surface area contributed by atoms with E-state index in [2.05, 4.69) is 78.8 Å². The second-order valence-corrected chi connectivity index (χ2v) is 19.1. The zero-order valence-electron chi connectivity index (χ0n) is 33.5. The minimum Gasteiger partial charge on any atom is -0.462 e. The van der Waals surface area contributed by atoms with Crippen molar-refractivity contribution in [2.45, 2.75) is 183 Å². The van der Waals surface area contributed by atoms with Crippen molar-refractivity contribution in [2.24, 2.45) is 64.1 Å². The van der Waals surface area contributed by atoms with Gasteiger partial charge in [-0.1, -0.05) is 117 Å². The minimum atomic E-state index is -0.266. The maximum absolute atomic E-state index is 13.3. The Bertz CT molecular complexity index is 1210. The predicted molar refractivity (Wildman–Crippen MR) is 209 cm³/mol. The van der Waals surface area contributed by atoms with Crippen LogP contribution in [0.25, 0.3) is 0 Å². The van der Waals surface area contributed by atoms with E-state index >= 15 is 0 Å². The lowest BCUT2D eigenvalue weighted by molar-refractivity contribution is -0.164. The first-order valence-corrected chi connectivity index (χ1v) is 21.7. The van der Waals surface area contributed by atoms with Gasteiger partial charge in [0.05, 0.1) is 0 Å². The van der Waals surface area contributed by atoms with Crippen molar-refractivity contribution in [3.8, 4) is 0 Å². The van der Waals surface area contributed by atoms with Gasteiger partial charge in [0.2, 0.25) is 0 Å². The third-order valence-corrected chi connectivity index (χ3v) is 15.8. The smallest absolute Gasteiger partial charge is 0.313 e. The van der Waals surface area contributed by atoms with E-state index in [1.165, 1.54) is 89.0 Å². The van der Waals surface area contributed by atoms with Crippen molar-refractivity contribution in [3.63, 3.8) is 0 Å². The van der Waals surface area contributed by atoms with Crippen LogP contribution in [-0.2, 0) is 20.7 Å².